The molecule has 0 spiro atoms. The number of fused-ring (bicyclic) bond motifs is 1. The Bertz CT molecular complexity index is 583. The van der Waals surface area contributed by atoms with Crippen LogP contribution in [-0.4, -0.2) is 23.2 Å². The molecular weight excluding hydrogens is 260 g/mol. The highest BCUT2D eigenvalue weighted by atomic mass is 16.3. The molecule has 1 heterocycles. The fourth-order valence-corrected chi connectivity index (χ4v) is 2.67. The van der Waals surface area contributed by atoms with Gasteiger partial charge in [-0.1, -0.05) is 45.9 Å². The standard InChI is InChI=1S/C18H26N2O/c1-13(2)10-20(11-14(3)4)18-16(12-21)9-15-7-5-6-8-17(15)19-18/h5-9,13-14,21H,10-12H2,1-4H3. The summed E-state index contributed by atoms with van der Waals surface area (Å²) in [5.74, 6) is 2.05. The number of anilines is 1. The van der Waals surface area contributed by atoms with Crippen LogP contribution in [0.25, 0.3) is 10.9 Å². The fraction of sp³-hybridized carbons (Fsp3) is 0.500. The van der Waals surface area contributed by atoms with Crippen LogP contribution in [0.15, 0.2) is 30.3 Å². The van der Waals surface area contributed by atoms with E-state index in [0.717, 1.165) is 35.4 Å². The molecule has 1 aromatic heterocycles. The maximum Gasteiger partial charge on any atom is 0.134 e. The highest BCUT2D eigenvalue weighted by Crippen LogP contribution is 2.25. The van der Waals surface area contributed by atoms with E-state index in [1.807, 2.05) is 24.3 Å². The molecule has 0 unspecified atom stereocenters. The molecule has 1 aromatic carbocycles. The number of hydrogen-bond acceptors (Lipinski definition) is 3. The Labute approximate surface area is 127 Å². The van der Waals surface area contributed by atoms with Gasteiger partial charge in [0.15, 0.2) is 0 Å². The van der Waals surface area contributed by atoms with Crippen LogP contribution in [-0.2, 0) is 6.61 Å². The van der Waals surface area contributed by atoms with E-state index in [1.54, 1.807) is 0 Å². The van der Waals surface area contributed by atoms with Crippen molar-refractivity contribution in [2.45, 2.75) is 34.3 Å². The van der Waals surface area contributed by atoms with Crippen LogP contribution in [0.5, 0.6) is 0 Å². The van der Waals surface area contributed by atoms with Gasteiger partial charge in [-0.15, -0.1) is 0 Å². The molecule has 0 saturated carbocycles. The van der Waals surface area contributed by atoms with Crippen LogP contribution in [0, 0.1) is 11.8 Å². The summed E-state index contributed by atoms with van der Waals surface area (Å²) >= 11 is 0. The van der Waals surface area contributed by atoms with Gasteiger partial charge in [0, 0.05) is 24.0 Å². The van der Waals surface area contributed by atoms with E-state index in [-0.39, 0.29) is 6.61 Å². The zero-order valence-electron chi connectivity index (χ0n) is 13.5. The van der Waals surface area contributed by atoms with Crippen molar-refractivity contribution in [2.24, 2.45) is 11.8 Å². The molecule has 114 valence electrons. The summed E-state index contributed by atoms with van der Waals surface area (Å²) in [7, 11) is 0. The predicted octanol–water partition coefficient (Wildman–Crippen LogP) is 3.85. The van der Waals surface area contributed by atoms with E-state index < -0.39 is 0 Å². The highest BCUT2D eigenvalue weighted by molar-refractivity contribution is 5.81. The second kappa shape index (κ2) is 6.90. The van der Waals surface area contributed by atoms with E-state index >= 15 is 0 Å². The van der Waals surface area contributed by atoms with Gasteiger partial charge in [0.25, 0.3) is 0 Å². The van der Waals surface area contributed by atoms with Gasteiger partial charge < -0.3 is 10.0 Å². The third-order valence-corrected chi connectivity index (χ3v) is 3.42. The minimum absolute atomic E-state index is 0.0276. The summed E-state index contributed by atoms with van der Waals surface area (Å²) in [6.45, 7) is 10.8. The maximum atomic E-state index is 9.73. The normalized spacial score (nSPS) is 11.6. The van der Waals surface area contributed by atoms with E-state index in [2.05, 4.69) is 38.7 Å². The summed E-state index contributed by atoms with van der Waals surface area (Å²) < 4.78 is 0. The van der Waals surface area contributed by atoms with Crippen molar-refractivity contribution in [3.05, 3.63) is 35.9 Å². The average Bonchev–Trinajstić information content (AvgIpc) is 2.44. The first kappa shape index (κ1) is 15.8. The fourth-order valence-electron chi connectivity index (χ4n) is 2.67. The number of para-hydroxylation sites is 1. The Morgan fingerprint density at radius 1 is 1.05 bits per heavy atom. The molecule has 0 aliphatic rings. The third kappa shape index (κ3) is 3.94. The molecule has 1 N–H and O–H groups in total. The summed E-state index contributed by atoms with van der Waals surface area (Å²) in [5, 5.41) is 10.8. The van der Waals surface area contributed by atoms with Crippen LogP contribution < -0.4 is 4.90 Å². The van der Waals surface area contributed by atoms with Gasteiger partial charge in [-0.05, 0) is 24.0 Å². The quantitative estimate of drug-likeness (QED) is 0.876. The minimum Gasteiger partial charge on any atom is -0.392 e. The predicted molar refractivity (Wildman–Crippen MR) is 89.6 cm³/mol. The molecule has 0 bridgehead atoms. The molecule has 3 nitrogen and oxygen atoms in total. The Hall–Kier alpha value is -1.61. The van der Waals surface area contributed by atoms with Crippen LogP contribution in [0.1, 0.15) is 33.3 Å². The summed E-state index contributed by atoms with van der Waals surface area (Å²) in [6, 6.07) is 10.1. The minimum atomic E-state index is 0.0276. The van der Waals surface area contributed by atoms with Crippen LogP contribution in [0.4, 0.5) is 5.82 Å². The zero-order chi connectivity index (χ0) is 15.4. The molecule has 0 aliphatic carbocycles. The monoisotopic (exact) mass is 286 g/mol. The second-order valence-electron chi connectivity index (χ2n) is 6.51. The van der Waals surface area contributed by atoms with Crippen LogP contribution >= 0.6 is 0 Å². The Balaban J connectivity index is 2.48. The maximum absolute atomic E-state index is 9.73. The molecular formula is C18H26N2O. The van der Waals surface area contributed by atoms with Gasteiger partial charge >= 0.3 is 0 Å². The number of hydrogen-bond donors (Lipinski definition) is 1. The summed E-state index contributed by atoms with van der Waals surface area (Å²) in [6.07, 6.45) is 0. The Morgan fingerprint density at radius 2 is 1.67 bits per heavy atom. The molecule has 3 heteroatoms. The molecule has 0 radical (unpaired) electrons. The molecule has 2 rings (SSSR count). The topological polar surface area (TPSA) is 36.4 Å². The van der Waals surface area contributed by atoms with Gasteiger partial charge in [0.05, 0.1) is 12.1 Å². The van der Waals surface area contributed by atoms with E-state index in [0.29, 0.717) is 11.8 Å². The average molecular weight is 286 g/mol. The number of benzene rings is 1. The number of rotatable bonds is 6. The molecule has 0 saturated heterocycles. The van der Waals surface area contributed by atoms with E-state index in [9.17, 15) is 5.11 Å². The number of aliphatic hydroxyl groups excluding tert-OH is 1. The molecule has 0 aliphatic heterocycles. The second-order valence-corrected chi connectivity index (χ2v) is 6.51. The lowest BCUT2D eigenvalue weighted by molar-refractivity contribution is 0.281. The third-order valence-electron chi connectivity index (χ3n) is 3.42. The first-order valence-corrected chi connectivity index (χ1v) is 7.75. The van der Waals surface area contributed by atoms with Crippen molar-refractivity contribution < 1.29 is 5.11 Å². The highest BCUT2D eigenvalue weighted by Gasteiger charge is 2.16. The first-order valence-electron chi connectivity index (χ1n) is 7.75. The molecule has 0 fully saturated rings. The van der Waals surface area contributed by atoms with Crippen molar-refractivity contribution in [3.63, 3.8) is 0 Å². The van der Waals surface area contributed by atoms with Gasteiger partial charge in [0.2, 0.25) is 0 Å². The zero-order valence-corrected chi connectivity index (χ0v) is 13.5. The number of nitrogens with zero attached hydrogens (tertiary/aromatic N) is 2. The molecule has 2 aromatic rings. The number of aliphatic hydroxyl groups is 1. The Kier molecular flexibility index (Phi) is 5.18. The largest absolute Gasteiger partial charge is 0.392 e. The van der Waals surface area contributed by atoms with Gasteiger partial charge in [-0.2, -0.15) is 0 Å². The lowest BCUT2D eigenvalue weighted by Crippen LogP contribution is -2.33. The van der Waals surface area contributed by atoms with Crippen LogP contribution in [0.3, 0.4) is 0 Å². The number of aromatic nitrogens is 1. The van der Waals surface area contributed by atoms with E-state index in [4.69, 9.17) is 4.98 Å². The van der Waals surface area contributed by atoms with Crippen molar-refractivity contribution in [1.29, 1.82) is 0 Å². The molecule has 21 heavy (non-hydrogen) atoms. The van der Waals surface area contributed by atoms with Gasteiger partial charge in [-0.3, -0.25) is 0 Å². The number of pyridine rings is 1. The molecule has 0 atom stereocenters. The lowest BCUT2D eigenvalue weighted by Gasteiger charge is -2.29. The van der Waals surface area contributed by atoms with Gasteiger partial charge in [0.1, 0.15) is 5.82 Å². The Morgan fingerprint density at radius 3 is 2.24 bits per heavy atom. The lowest BCUT2D eigenvalue weighted by atomic mass is 10.1. The van der Waals surface area contributed by atoms with Crippen LogP contribution in [0.2, 0.25) is 0 Å². The SMILES string of the molecule is CC(C)CN(CC(C)C)c1nc2ccccc2cc1CO. The van der Waals surface area contributed by atoms with Crippen molar-refractivity contribution >= 4 is 16.7 Å². The van der Waals surface area contributed by atoms with Gasteiger partial charge in [-0.25, -0.2) is 4.98 Å². The van der Waals surface area contributed by atoms with Crippen molar-refractivity contribution in [2.75, 3.05) is 18.0 Å². The van der Waals surface area contributed by atoms with E-state index in [1.165, 1.54) is 0 Å². The summed E-state index contributed by atoms with van der Waals surface area (Å²) in [5.41, 5.74) is 1.90. The van der Waals surface area contributed by atoms with Crippen molar-refractivity contribution in [3.8, 4) is 0 Å². The summed E-state index contributed by atoms with van der Waals surface area (Å²) in [4.78, 5) is 7.13. The van der Waals surface area contributed by atoms with Crippen molar-refractivity contribution in [1.82, 2.24) is 4.98 Å². The smallest absolute Gasteiger partial charge is 0.134 e. The molecule has 0 amide bonds. The first-order chi connectivity index (χ1) is 10.0.